The molecule has 1 heterocycles. The Kier molecular flexibility index (Phi) is 3.91. The van der Waals surface area contributed by atoms with E-state index >= 15 is 0 Å². The van der Waals surface area contributed by atoms with Crippen molar-refractivity contribution in [1.82, 2.24) is 0 Å². The molecule has 0 N–H and O–H groups in total. The summed E-state index contributed by atoms with van der Waals surface area (Å²) in [6.45, 7) is 14.9. The molecule has 132 valence electrons. The van der Waals surface area contributed by atoms with Gasteiger partial charge in [0.05, 0.1) is 6.61 Å². The van der Waals surface area contributed by atoms with Gasteiger partial charge in [0.15, 0.2) is 0 Å². The second-order valence-electron chi connectivity index (χ2n) is 10.5. The summed E-state index contributed by atoms with van der Waals surface area (Å²) < 4.78 is 5.91. The van der Waals surface area contributed by atoms with Crippen LogP contribution >= 0.6 is 0 Å². The molecule has 0 radical (unpaired) electrons. The first kappa shape index (κ1) is 16.4. The molecule has 4 rings (SSSR count). The normalized spacial score (nSPS) is 56.1. The molecule has 0 aromatic rings. The average molecular weight is 319 g/mol. The van der Waals surface area contributed by atoms with Crippen LogP contribution in [0.5, 0.6) is 0 Å². The number of hydrogen-bond acceptors (Lipinski definition) is 1. The van der Waals surface area contributed by atoms with Gasteiger partial charge in [0.2, 0.25) is 0 Å². The van der Waals surface area contributed by atoms with Crippen molar-refractivity contribution in [3.63, 3.8) is 0 Å². The highest BCUT2D eigenvalue weighted by Gasteiger charge is 2.61. The van der Waals surface area contributed by atoms with Gasteiger partial charge in [0.25, 0.3) is 0 Å². The highest BCUT2D eigenvalue weighted by Crippen LogP contribution is 2.68. The molecule has 3 saturated carbocycles. The van der Waals surface area contributed by atoms with Crippen LogP contribution in [-0.4, -0.2) is 13.2 Å². The van der Waals surface area contributed by atoms with Gasteiger partial charge in [-0.2, -0.15) is 0 Å². The molecule has 8 atom stereocenters. The zero-order valence-corrected chi connectivity index (χ0v) is 16.1. The van der Waals surface area contributed by atoms with Gasteiger partial charge in [0, 0.05) is 6.61 Å². The maximum Gasteiger partial charge on any atom is 0.0502 e. The fourth-order valence-corrected chi connectivity index (χ4v) is 8.32. The molecule has 4 fully saturated rings. The third-order valence-electron chi connectivity index (χ3n) is 9.42. The van der Waals surface area contributed by atoms with Gasteiger partial charge < -0.3 is 4.74 Å². The number of hydrogen-bond donors (Lipinski definition) is 0. The molecule has 1 aliphatic heterocycles. The van der Waals surface area contributed by atoms with Crippen molar-refractivity contribution in [2.45, 2.75) is 73.1 Å². The van der Waals surface area contributed by atoms with E-state index in [4.69, 9.17) is 4.74 Å². The van der Waals surface area contributed by atoms with E-state index < -0.39 is 0 Å². The van der Waals surface area contributed by atoms with Gasteiger partial charge >= 0.3 is 0 Å². The second-order valence-corrected chi connectivity index (χ2v) is 10.5. The first-order chi connectivity index (χ1) is 10.9. The van der Waals surface area contributed by atoms with Gasteiger partial charge in [-0.25, -0.2) is 0 Å². The van der Waals surface area contributed by atoms with Gasteiger partial charge in [-0.05, 0) is 90.8 Å². The number of fused-ring (bicyclic) bond motifs is 5. The molecule has 1 saturated heterocycles. The molecule has 0 amide bonds. The minimum atomic E-state index is 0.567. The maximum absolute atomic E-state index is 5.91. The van der Waals surface area contributed by atoms with E-state index in [0.717, 1.165) is 54.6 Å². The lowest BCUT2D eigenvalue weighted by Gasteiger charge is -2.62. The van der Waals surface area contributed by atoms with Crippen molar-refractivity contribution >= 4 is 0 Å². The van der Waals surface area contributed by atoms with Crippen molar-refractivity contribution in [2.75, 3.05) is 13.2 Å². The highest BCUT2D eigenvalue weighted by molar-refractivity contribution is 5.09. The van der Waals surface area contributed by atoms with E-state index in [9.17, 15) is 0 Å². The average Bonchev–Trinajstić information content (AvgIpc) is 2.85. The summed E-state index contributed by atoms with van der Waals surface area (Å²) in [4.78, 5) is 0. The molecule has 0 aromatic carbocycles. The second kappa shape index (κ2) is 5.48. The Balaban J connectivity index is 1.65. The van der Waals surface area contributed by atoms with E-state index in [2.05, 4.69) is 34.6 Å². The summed E-state index contributed by atoms with van der Waals surface area (Å²) in [5.74, 6) is 6.53. The quantitative estimate of drug-likeness (QED) is 0.595. The smallest absolute Gasteiger partial charge is 0.0502 e. The fourth-order valence-electron chi connectivity index (χ4n) is 8.32. The van der Waals surface area contributed by atoms with Crippen LogP contribution in [0.2, 0.25) is 0 Å². The van der Waals surface area contributed by atoms with Crippen LogP contribution in [0.1, 0.15) is 73.1 Å². The summed E-state index contributed by atoms with van der Waals surface area (Å²) in [7, 11) is 0. The van der Waals surface area contributed by atoms with Crippen molar-refractivity contribution in [2.24, 2.45) is 52.3 Å². The van der Waals surface area contributed by atoms with E-state index in [1.807, 2.05) is 0 Å². The van der Waals surface area contributed by atoms with Crippen LogP contribution in [0.15, 0.2) is 0 Å². The first-order valence-corrected chi connectivity index (χ1v) is 10.5. The number of rotatable bonds is 1. The lowest BCUT2D eigenvalue weighted by Crippen LogP contribution is -2.57. The van der Waals surface area contributed by atoms with Crippen LogP contribution in [0, 0.1) is 52.3 Å². The van der Waals surface area contributed by atoms with Crippen LogP contribution in [0.25, 0.3) is 0 Å². The van der Waals surface area contributed by atoms with Gasteiger partial charge in [-0.15, -0.1) is 0 Å². The largest absolute Gasteiger partial charge is 0.381 e. The topological polar surface area (TPSA) is 9.23 Å². The van der Waals surface area contributed by atoms with Crippen LogP contribution < -0.4 is 0 Å². The minimum absolute atomic E-state index is 0.567. The van der Waals surface area contributed by atoms with Crippen molar-refractivity contribution in [3.05, 3.63) is 0 Å². The molecule has 0 spiro atoms. The molecule has 0 aromatic heterocycles. The summed E-state index contributed by atoms with van der Waals surface area (Å²) in [5.41, 5.74) is 1.21. The van der Waals surface area contributed by atoms with Gasteiger partial charge in [-0.1, -0.05) is 34.6 Å². The zero-order valence-electron chi connectivity index (χ0n) is 16.1. The molecule has 4 aliphatic rings. The molecule has 3 aliphatic carbocycles. The summed E-state index contributed by atoms with van der Waals surface area (Å²) >= 11 is 0. The monoisotopic (exact) mass is 318 g/mol. The highest BCUT2D eigenvalue weighted by atomic mass is 16.5. The predicted molar refractivity (Wildman–Crippen MR) is 96.2 cm³/mol. The van der Waals surface area contributed by atoms with Crippen LogP contribution in [0.4, 0.5) is 0 Å². The molecule has 1 heteroatoms. The Morgan fingerprint density at radius 3 is 2.39 bits per heavy atom. The standard InChI is InChI=1S/C22H38O/c1-14(2)17-6-7-18-16-12-15(3)20-13-23-11-10-22(20,5)19(16)8-9-21(17,18)4/h14-20H,6-13H2,1-5H3. The number of ether oxygens (including phenoxy) is 1. The van der Waals surface area contributed by atoms with Gasteiger partial charge in [-0.3, -0.25) is 0 Å². The third-order valence-corrected chi connectivity index (χ3v) is 9.42. The summed E-state index contributed by atoms with van der Waals surface area (Å²) in [5, 5.41) is 0. The molecular weight excluding hydrogens is 280 g/mol. The lowest BCUT2D eigenvalue weighted by molar-refractivity contribution is -0.168. The maximum atomic E-state index is 5.91. The van der Waals surface area contributed by atoms with Crippen molar-refractivity contribution in [1.29, 1.82) is 0 Å². The minimum Gasteiger partial charge on any atom is -0.381 e. The molecule has 0 bridgehead atoms. The van der Waals surface area contributed by atoms with E-state index in [1.54, 1.807) is 0 Å². The summed E-state index contributed by atoms with van der Waals surface area (Å²) in [6, 6.07) is 0. The van der Waals surface area contributed by atoms with Crippen LogP contribution in [0.3, 0.4) is 0 Å². The van der Waals surface area contributed by atoms with Gasteiger partial charge in [0.1, 0.15) is 0 Å². The van der Waals surface area contributed by atoms with Crippen LogP contribution in [-0.2, 0) is 4.74 Å². The Morgan fingerprint density at radius 1 is 0.913 bits per heavy atom. The fraction of sp³-hybridized carbons (Fsp3) is 1.00. The Labute approximate surface area is 143 Å². The third kappa shape index (κ3) is 2.21. The Hall–Kier alpha value is -0.0400. The van der Waals surface area contributed by atoms with Crippen molar-refractivity contribution < 1.29 is 4.74 Å². The molecule has 1 nitrogen and oxygen atoms in total. The zero-order chi connectivity index (χ0) is 16.4. The Morgan fingerprint density at radius 2 is 1.65 bits per heavy atom. The molecular formula is C22H38O. The van der Waals surface area contributed by atoms with E-state index in [1.165, 1.54) is 38.5 Å². The predicted octanol–water partition coefficient (Wildman–Crippen LogP) is 5.78. The van der Waals surface area contributed by atoms with E-state index in [-0.39, 0.29) is 0 Å². The van der Waals surface area contributed by atoms with E-state index in [0.29, 0.717) is 10.8 Å². The van der Waals surface area contributed by atoms with Crippen molar-refractivity contribution in [3.8, 4) is 0 Å². The lowest BCUT2D eigenvalue weighted by atomic mass is 9.44. The Bertz CT molecular complexity index is 457. The SMILES string of the molecule is CC(C)C1CCC2C3CC(C)C4COCCC4(C)C3CCC12C. The first-order valence-electron chi connectivity index (χ1n) is 10.5. The molecule has 23 heavy (non-hydrogen) atoms. The summed E-state index contributed by atoms with van der Waals surface area (Å²) in [6.07, 6.45) is 8.82. The molecule has 8 unspecified atom stereocenters.